The lowest BCUT2D eigenvalue weighted by Gasteiger charge is -2.06. The molecule has 0 radical (unpaired) electrons. The zero-order valence-electron chi connectivity index (χ0n) is 7.70. The second kappa shape index (κ2) is 4.74. The molecule has 0 aromatic heterocycles. The lowest BCUT2D eigenvalue weighted by atomic mass is 10.2. The van der Waals surface area contributed by atoms with Gasteiger partial charge in [-0.15, -0.1) is 0 Å². The smallest absolute Gasteiger partial charge is 0.221 e. The summed E-state index contributed by atoms with van der Waals surface area (Å²) in [5.41, 5.74) is 0. The summed E-state index contributed by atoms with van der Waals surface area (Å²) in [6, 6.07) is 0. The van der Waals surface area contributed by atoms with Crippen LogP contribution in [-0.2, 0) is 9.09 Å². The normalized spacial score (nSPS) is 17.5. The predicted octanol–water partition coefficient (Wildman–Crippen LogP) is 3.10. The van der Waals surface area contributed by atoms with Crippen LogP contribution < -0.4 is 0 Å². The Morgan fingerprint density at radius 1 is 1.55 bits per heavy atom. The highest BCUT2D eigenvalue weighted by molar-refractivity contribution is 7.61. The minimum atomic E-state index is -2.43. The predicted molar refractivity (Wildman–Crippen MR) is 49.1 cm³/mol. The third kappa shape index (κ3) is 6.33. The Morgan fingerprint density at radius 3 is 2.45 bits per heavy atom. The zero-order valence-corrected chi connectivity index (χ0v) is 8.60. The summed E-state index contributed by atoms with van der Waals surface area (Å²) >= 11 is 0. The van der Waals surface area contributed by atoms with E-state index < -0.39 is 7.37 Å². The highest BCUT2D eigenvalue weighted by atomic mass is 31.2. The zero-order chi connectivity index (χ0) is 8.91. The molecule has 3 heteroatoms. The summed E-state index contributed by atoms with van der Waals surface area (Å²) in [6.07, 6.45) is 1.91. The fourth-order valence-corrected chi connectivity index (χ4v) is 1.88. The third-order valence-electron chi connectivity index (χ3n) is 1.13. The molecule has 66 valence electrons. The van der Waals surface area contributed by atoms with Gasteiger partial charge in [-0.05, 0) is 18.7 Å². The highest BCUT2D eigenvalue weighted by Crippen LogP contribution is 2.44. The molecule has 0 N–H and O–H groups in total. The van der Waals surface area contributed by atoms with Crippen LogP contribution in [0.25, 0.3) is 0 Å². The van der Waals surface area contributed by atoms with E-state index in [-0.39, 0.29) is 0 Å². The Hall–Kier alpha value is -0.0700. The first-order valence-corrected chi connectivity index (χ1v) is 6.03. The fourth-order valence-electron chi connectivity index (χ4n) is 0.628. The first-order valence-electron chi connectivity index (χ1n) is 3.89. The molecule has 1 unspecified atom stereocenters. The molecule has 2 nitrogen and oxygen atoms in total. The second-order valence-corrected chi connectivity index (χ2v) is 5.29. The molecule has 0 rings (SSSR count). The largest absolute Gasteiger partial charge is 0.326 e. The summed E-state index contributed by atoms with van der Waals surface area (Å²) in [6.45, 7) is 8.08. The lowest BCUT2D eigenvalue weighted by molar-refractivity contribution is 0.344. The van der Waals surface area contributed by atoms with Crippen molar-refractivity contribution in [3.63, 3.8) is 0 Å². The number of hydrogen-bond donors (Lipinski definition) is 0. The molecule has 0 aromatic carbocycles. The molecule has 0 aliphatic carbocycles. The van der Waals surface area contributed by atoms with Crippen molar-refractivity contribution in [1.82, 2.24) is 0 Å². The van der Waals surface area contributed by atoms with Crippen LogP contribution in [0, 0.1) is 5.92 Å². The van der Waals surface area contributed by atoms with Gasteiger partial charge in [0.05, 0.1) is 6.61 Å². The van der Waals surface area contributed by atoms with Crippen molar-refractivity contribution in [1.29, 1.82) is 0 Å². The van der Waals surface area contributed by atoms with Gasteiger partial charge in [0.2, 0.25) is 7.37 Å². The Bertz CT molecular complexity index is 173. The molecule has 0 aliphatic heterocycles. The van der Waals surface area contributed by atoms with Gasteiger partial charge in [0, 0.05) is 6.66 Å². The Balaban J connectivity index is 4.01. The highest BCUT2D eigenvalue weighted by Gasteiger charge is 2.08. The monoisotopic (exact) mass is 176 g/mol. The molecule has 0 aromatic rings. The first kappa shape index (κ1) is 10.9. The lowest BCUT2D eigenvalue weighted by Crippen LogP contribution is -1.85. The van der Waals surface area contributed by atoms with Crippen LogP contribution in [-0.4, -0.2) is 13.3 Å². The van der Waals surface area contributed by atoms with Crippen molar-refractivity contribution in [2.24, 2.45) is 5.92 Å². The van der Waals surface area contributed by atoms with Crippen LogP contribution >= 0.6 is 7.37 Å². The van der Waals surface area contributed by atoms with Crippen molar-refractivity contribution in [2.45, 2.75) is 20.8 Å². The van der Waals surface area contributed by atoms with E-state index in [0.717, 1.165) is 0 Å². The van der Waals surface area contributed by atoms with Gasteiger partial charge in [0.25, 0.3) is 0 Å². The minimum Gasteiger partial charge on any atom is -0.326 e. The van der Waals surface area contributed by atoms with Crippen molar-refractivity contribution in [2.75, 3.05) is 13.3 Å². The van der Waals surface area contributed by atoms with Gasteiger partial charge in [-0.25, -0.2) is 0 Å². The van der Waals surface area contributed by atoms with E-state index in [1.807, 2.05) is 26.8 Å². The Labute approximate surface area is 69.1 Å². The van der Waals surface area contributed by atoms with Crippen LogP contribution in [0.3, 0.4) is 0 Å². The molecule has 0 bridgehead atoms. The molecular formula is C8H17O2P. The van der Waals surface area contributed by atoms with E-state index in [1.54, 1.807) is 12.5 Å². The quantitative estimate of drug-likeness (QED) is 0.615. The molecule has 0 amide bonds. The molecule has 0 fully saturated rings. The summed E-state index contributed by atoms with van der Waals surface area (Å²) in [4.78, 5) is 0. The number of hydrogen-bond acceptors (Lipinski definition) is 2. The van der Waals surface area contributed by atoms with Gasteiger partial charge >= 0.3 is 0 Å². The molecule has 1 atom stereocenters. The van der Waals surface area contributed by atoms with Crippen molar-refractivity contribution in [3.8, 4) is 0 Å². The Morgan fingerprint density at radius 2 is 2.09 bits per heavy atom. The van der Waals surface area contributed by atoms with Crippen LogP contribution in [0.1, 0.15) is 20.8 Å². The topological polar surface area (TPSA) is 26.3 Å². The van der Waals surface area contributed by atoms with Gasteiger partial charge in [-0.2, -0.15) is 0 Å². The van der Waals surface area contributed by atoms with E-state index >= 15 is 0 Å². The maximum Gasteiger partial charge on any atom is 0.221 e. The van der Waals surface area contributed by atoms with Crippen molar-refractivity contribution in [3.05, 3.63) is 11.9 Å². The van der Waals surface area contributed by atoms with Gasteiger partial charge in [0.15, 0.2) is 0 Å². The standard InChI is InChI=1S/C8H17O2P/c1-5-10-11(4,9)7-6-8(2)3/h6-8H,5H2,1-4H3/b7-6+. The first-order chi connectivity index (χ1) is 4.98. The Kier molecular flexibility index (Phi) is 4.71. The molecule has 0 heterocycles. The van der Waals surface area contributed by atoms with Gasteiger partial charge < -0.3 is 4.52 Å². The summed E-state index contributed by atoms with van der Waals surface area (Å²) in [7, 11) is -2.43. The molecule has 0 spiro atoms. The van der Waals surface area contributed by atoms with E-state index in [1.165, 1.54) is 0 Å². The number of rotatable bonds is 4. The van der Waals surface area contributed by atoms with Crippen molar-refractivity contribution < 1.29 is 9.09 Å². The summed E-state index contributed by atoms with van der Waals surface area (Å²) < 4.78 is 16.5. The van der Waals surface area contributed by atoms with Gasteiger partial charge in [-0.1, -0.05) is 19.9 Å². The number of allylic oxidation sites excluding steroid dienone is 1. The molecule has 0 saturated heterocycles. The van der Waals surface area contributed by atoms with Gasteiger partial charge in [0.1, 0.15) is 0 Å². The second-order valence-electron chi connectivity index (χ2n) is 2.91. The van der Waals surface area contributed by atoms with Crippen LogP contribution in [0.2, 0.25) is 0 Å². The maximum atomic E-state index is 11.4. The third-order valence-corrected chi connectivity index (χ3v) is 2.61. The summed E-state index contributed by atoms with van der Waals surface area (Å²) in [5, 5.41) is 0. The van der Waals surface area contributed by atoms with Crippen LogP contribution in [0.15, 0.2) is 11.9 Å². The molecule has 11 heavy (non-hydrogen) atoms. The SMILES string of the molecule is CCOP(C)(=O)/C=C/C(C)C. The minimum absolute atomic E-state index is 0.434. The average Bonchev–Trinajstić information content (AvgIpc) is 1.84. The van der Waals surface area contributed by atoms with E-state index in [2.05, 4.69) is 0 Å². The van der Waals surface area contributed by atoms with E-state index in [0.29, 0.717) is 12.5 Å². The average molecular weight is 176 g/mol. The summed E-state index contributed by atoms with van der Waals surface area (Å²) in [5.74, 6) is 2.12. The molecule has 0 aliphatic rings. The molecule has 0 saturated carbocycles. The van der Waals surface area contributed by atoms with Crippen LogP contribution in [0.5, 0.6) is 0 Å². The molecular weight excluding hydrogens is 159 g/mol. The maximum absolute atomic E-state index is 11.4. The fraction of sp³-hybridized carbons (Fsp3) is 0.750. The van der Waals surface area contributed by atoms with E-state index in [4.69, 9.17) is 4.52 Å². The van der Waals surface area contributed by atoms with E-state index in [9.17, 15) is 4.57 Å². The van der Waals surface area contributed by atoms with Crippen molar-refractivity contribution >= 4 is 7.37 Å². The van der Waals surface area contributed by atoms with Gasteiger partial charge in [-0.3, -0.25) is 4.57 Å². The van der Waals surface area contributed by atoms with Crippen LogP contribution in [0.4, 0.5) is 0 Å².